The summed E-state index contributed by atoms with van der Waals surface area (Å²) in [5, 5.41) is 13.1. The van der Waals surface area contributed by atoms with Crippen LogP contribution in [0.1, 0.15) is 22.2 Å². The number of benzene rings is 1. The van der Waals surface area contributed by atoms with Crippen LogP contribution in [0.3, 0.4) is 0 Å². The number of fused-ring (bicyclic) bond motifs is 1. The van der Waals surface area contributed by atoms with Gasteiger partial charge in [-0.25, -0.2) is 0 Å². The maximum Gasteiger partial charge on any atom is 0.325 e. The first-order valence-corrected chi connectivity index (χ1v) is 9.80. The predicted molar refractivity (Wildman–Crippen MR) is 105 cm³/mol. The molecule has 3 heterocycles. The molecule has 4 rings (SSSR count). The minimum Gasteiger partial charge on any atom is -0.480 e. The van der Waals surface area contributed by atoms with E-state index in [-0.39, 0.29) is 0 Å². The molecule has 1 atom stereocenters. The van der Waals surface area contributed by atoms with Gasteiger partial charge in [0.2, 0.25) is 0 Å². The molecule has 3 aromatic rings. The summed E-state index contributed by atoms with van der Waals surface area (Å²) in [6, 6.07) is 11.6. The number of aromatic amines is 1. The maximum atomic E-state index is 12.2. The molecule has 1 aliphatic rings. The monoisotopic (exact) mass is 369 g/mol. The van der Waals surface area contributed by atoms with Gasteiger partial charge in [0.15, 0.2) is 0 Å². The molecule has 2 aromatic heterocycles. The lowest BCUT2D eigenvalue weighted by Gasteiger charge is -2.37. The van der Waals surface area contributed by atoms with E-state index >= 15 is 0 Å². The number of rotatable bonds is 5. The molecule has 0 amide bonds. The Balaban J connectivity index is 1.54. The Morgan fingerprint density at radius 3 is 2.65 bits per heavy atom. The molecule has 1 saturated heterocycles. The van der Waals surface area contributed by atoms with Crippen molar-refractivity contribution in [1.29, 1.82) is 0 Å². The van der Waals surface area contributed by atoms with Crippen LogP contribution in [0.2, 0.25) is 0 Å². The van der Waals surface area contributed by atoms with E-state index in [1.165, 1.54) is 4.88 Å². The normalized spacial score (nSPS) is 17.6. The number of carbonyl (C=O) groups is 1. The average molecular weight is 369 g/mol. The fourth-order valence-electron chi connectivity index (χ4n) is 3.92. The van der Waals surface area contributed by atoms with Gasteiger partial charge in [0.05, 0.1) is 0 Å². The molecule has 26 heavy (non-hydrogen) atoms. The van der Waals surface area contributed by atoms with Gasteiger partial charge in [-0.05, 0) is 24.4 Å². The maximum absolute atomic E-state index is 12.2. The minimum absolute atomic E-state index is 0.602. The standard InChI is InChI=1S/C20H23N3O2S/c1-14-18(16-6-2-3-7-17(16)21-14)19(20(24)25)23-10-8-22(9-11-23)13-15-5-4-12-26-15/h2-7,12,19,21H,8-11,13H2,1H3,(H,24,25)/t19-/m0/s1. The van der Waals surface area contributed by atoms with E-state index < -0.39 is 12.0 Å². The summed E-state index contributed by atoms with van der Waals surface area (Å²) in [5.74, 6) is -0.774. The Kier molecular flexibility index (Phi) is 4.80. The molecular formula is C20H23N3O2S. The van der Waals surface area contributed by atoms with Crippen molar-refractivity contribution >= 4 is 28.2 Å². The minimum atomic E-state index is -0.774. The van der Waals surface area contributed by atoms with Gasteiger partial charge in [-0.3, -0.25) is 14.6 Å². The first kappa shape index (κ1) is 17.3. The summed E-state index contributed by atoms with van der Waals surface area (Å²) in [6.45, 7) is 6.24. The number of hydrogen-bond acceptors (Lipinski definition) is 4. The van der Waals surface area contributed by atoms with Crippen LogP contribution < -0.4 is 0 Å². The van der Waals surface area contributed by atoms with E-state index in [1.807, 2.05) is 31.2 Å². The zero-order valence-electron chi connectivity index (χ0n) is 14.8. The Bertz CT molecular complexity index is 895. The Hall–Kier alpha value is -2.15. The molecule has 0 saturated carbocycles. The summed E-state index contributed by atoms with van der Waals surface area (Å²) in [4.78, 5) is 21.4. The molecule has 0 spiro atoms. The second-order valence-electron chi connectivity index (χ2n) is 6.84. The number of aromatic nitrogens is 1. The summed E-state index contributed by atoms with van der Waals surface area (Å²) < 4.78 is 0. The number of para-hydroxylation sites is 1. The number of aryl methyl sites for hydroxylation is 1. The fourth-order valence-corrected chi connectivity index (χ4v) is 4.66. The number of piperazine rings is 1. The first-order chi connectivity index (χ1) is 12.6. The van der Waals surface area contributed by atoms with Crippen LogP contribution in [0.5, 0.6) is 0 Å². The van der Waals surface area contributed by atoms with E-state index in [0.29, 0.717) is 0 Å². The highest BCUT2D eigenvalue weighted by Gasteiger charge is 2.33. The van der Waals surface area contributed by atoms with Crippen LogP contribution >= 0.6 is 11.3 Å². The lowest BCUT2D eigenvalue weighted by molar-refractivity contribution is -0.144. The van der Waals surface area contributed by atoms with Gasteiger partial charge in [0.25, 0.3) is 0 Å². The summed E-state index contributed by atoms with van der Waals surface area (Å²) in [7, 11) is 0. The van der Waals surface area contributed by atoms with E-state index in [0.717, 1.165) is 54.9 Å². The molecule has 0 bridgehead atoms. The number of aliphatic carboxylic acids is 1. The van der Waals surface area contributed by atoms with E-state index in [2.05, 4.69) is 32.3 Å². The molecule has 0 radical (unpaired) electrons. The van der Waals surface area contributed by atoms with Crippen LogP contribution in [0.25, 0.3) is 10.9 Å². The second kappa shape index (κ2) is 7.23. The van der Waals surface area contributed by atoms with Gasteiger partial charge in [0, 0.05) is 59.8 Å². The molecule has 1 fully saturated rings. The van der Waals surface area contributed by atoms with Gasteiger partial charge in [-0.1, -0.05) is 24.3 Å². The highest BCUT2D eigenvalue weighted by atomic mass is 32.1. The number of hydrogen-bond donors (Lipinski definition) is 2. The zero-order valence-corrected chi connectivity index (χ0v) is 15.6. The fraction of sp³-hybridized carbons (Fsp3) is 0.350. The van der Waals surface area contributed by atoms with Gasteiger partial charge in [-0.2, -0.15) is 0 Å². The topological polar surface area (TPSA) is 59.6 Å². The summed E-state index contributed by atoms with van der Waals surface area (Å²) in [5.41, 5.74) is 2.85. The number of carboxylic acids is 1. The zero-order chi connectivity index (χ0) is 18.1. The Morgan fingerprint density at radius 2 is 1.96 bits per heavy atom. The lowest BCUT2D eigenvalue weighted by Crippen LogP contribution is -2.48. The van der Waals surface area contributed by atoms with Crippen molar-refractivity contribution < 1.29 is 9.90 Å². The van der Waals surface area contributed by atoms with Gasteiger partial charge < -0.3 is 10.1 Å². The quantitative estimate of drug-likeness (QED) is 0.723. The van der Waals surface area contributed by atoms with Crippen molar-refractivity contribution in [3.05, 3.63) is 57.9 Å². The molecule has 0 aliphatic carbocycles. The highest BCUT2D eigenvalue weighted by molar-refractivity contribution is 7.09. The number of thiophene rings is 1. The van der Waals surface area contributed by atoms with Crippen LogP contribution in [-0.2, 0) is 11.3 Å². The molecule has 136 valence electrons. The largest absolute Gasteiger partial charge is 0.480 e. The molecule has 5 nitrogen and oxygen atoms in total. The third-order valence-electron chi connectivity index (χ3n) is 5.18. The van der Waals surface area contributed by atoms with Crippen molar-refractivity contribution in [2.24, 2.45) is 0 Å². The summed E-state index contributed by atoms with van der Waals surface area (Å²) in [6.07, 6.45) is 0. The Labute approximate surface area is 156 Å². The average Bonchev–Trinajstić information content (AvgIpc) is 3.24. The third-order valence-corrected chi connectivity index (χ3v) is 6.04. The van der Waals surface area contributed by atoms with Crippen LogP contribution in [0.15, 0.2) is 41.8 Å². The van der Waals surface area contributed by atoms with Crippen molar-refractivity contribution in [3.8, 4) is 0 Å². The molecule has 1 aliphatic heterocycles. The van der Waals surface area contributed by atoms with Gasteiger partial charge in [-0.15, -0.1) is 11.3 Å². The second-order valence-corrected chi connectivity index (χ2v) is 7.87. The molecule has 2 N–H and O–H groups in total. The van der Waals surface area contributed by atoms with Crippen LogP contribution in [-0.4, -0.2) is 52.0 Å². The van der Waals surface area contributed by atoms with Crippen molar-refractivity contribution in [2.75, 3.05) is 26.2 Å². The Morgan fingerprint density at radius 1 is 1.19 bits per heavy atom. The summed E-state index contributed by atoms with van der Waals surface area (Å²) >= 11 is 1.78. The van der Waals surface area contributed by atoms with Crippen LogP contribution in [0.4, 0.5) is 0 Å². The first-order valence-electron chi connectivity index (χ1n) is 8.92. The highest BCUT2D eigenvalue weighted by Crippen LogP contribution is 2.32. The van der Waals surface area contributed by atoms with E-state index in [4.69, 9.17) is 0 Å². The molecule has 0 unspecified atom stereocenters. The number of carboxylic acid groups (broad SMARTS) is 1. The smallest absolute Gasteiger partial charge is 0.325 e. The van der Waals surface area contributed by atoms with Crippen molar-refractivity contribution in [2.45, 2.75) is 19.5 Å². The number of H-pyrrole nitrogens is 1. The van der Waals surface area contributed by atoms with Gasteiger partial charge in [0.1, 0.15) is 6.04 Å². The van der Waals surface area contributed by atoms with E-state index in [1.54, 1.807) is 11.3 Å². The SMILES string of the molecule is Cc1[nH]c2ccccc2c1[C@@H](C(=O)O)N1CCN(Cc2cccs2)CC1. The molecular weight excluding hydrogens is 346 g/mol. The third kappa shape index (κ3) is 3.28. The van der Waals surface area contributed by atoms with Crippen molar-refractivity contribution in [3.63, 3.8) is 0 Å². The number of nitrogens with zero attached hydrogens (tertiary/aromatic N) is 2. The van der Waals surface area contributed by atoms with Gasteiger partial charge >= 0.3 is 5.97 Å². The molecule has 1 aromatic carbocycles. The predicted octanol–water partition coefficient (Wildman–Crippen LogP) is 3.48. The van der Waals surface area contributed by atoms with Crippen LogP contribution in [0, 0.1) is 6.92 Å². The molecule has 6 heteroatoms. The van der Waals surface area contributed by atoms with Crippen molar-refractivity contribution in [1.82, 2.24) is 14.8 Å². The number of nitrogens with one attached hydrogen (secondary N) is 1. The van der Waals surface area contributed by atoms with E-state index in [9.17, 15) is 9.90 Å². The lowest BCUT2D eigenvalue weighted by atomic mass is 10.0.